The molecule has 0 aliphatic heterocycles. The molecule has 0 aromatic heterocycles. The number of aromatic hydroxyl groups is 1. The molecule has 0 spiro atoms. The molecule has 23 heavy (non-hydrogen) atoms. The summed E-state index contributed by atoms with van der Waals surface area (Å²) in [5, 5.41) is 24.7. The molecule has 0 aliphatic rings. The fourth-order valence-corrected chi connectivity index (χ4v) is 2.10. The first-order chi connectivity index (χ1) is 10.9. The Kier molecular flexibility index (Phi) is 4.80. The van der Waals surface area contributed by atoms with Crippen molar-refractivity contribution in [2.75, 3.05) is 12.5 Å². The predicted octanol–water partition coefficient (Wildman–Crippen LogP) is 3.37. The van der Waals surface area contributed by atoms with E-state index in [-0.39, 0.29) is 5.75 Å². The number of nitro groups is 1. The summed E-state index contributed by atoms with van der Waals surface area (Å²) in [5.41, 5.74) is 5.91. The Bertz CT molecular complexity index is 772. The smallest absolute Gasteiger partial charge is 0.315 e. The number of phenolic OH excluding ortho intramolecular Hbond substituents is 1. The van der Waals surface area contributed by atoms with Crippen molar-refractivity contribution in [3.8, 4) is 11.5 Å². The molecule has 0 radical (unpaired) electrons. The minimum Gasteiger partial charge on any atom is -0.500 e. The van der Waals surface area contributed by atoms with Gasteiger partial charge in [0.2, 0.25) is 5.75 Å². The Hall–Kier alpha value is -3.09. The molecule has 0 bridgehead atoms. The highest BCUT2D eigenvalue weighted by Gasteiger charge is 2.19. The van der Waals surface area contributed by atoms with Gasteiger partial charge in [0, 0.05) is 11.6 Å². The van der Waals surface area contributed by atoms with E-state index in [4.69, 9.17) is 4.74 Å². The van der Waals surface area contributed by atoms with Gasteiger partial charge < -0.3 is 9.84 Å². The Labute approximate surface area is 133 Å². The first-order valence-corrected chi connectivity index (χ1v) is 6.84. The van der Waals surface area contributed by atoms with Crippen LogP contribution in [0.4, 0.5) is 11.4 Å². The highest BCUT2D eigenvalue weighted by molar-refractivity contribution is 5.83. The fourth-order valence-electron chi connectivity index (χ4n) is 2.10. The predicted molar refractivity (Wildman–Crippen MR) is 88.4 cm³/mol. The van der Waals surface area contributed by atoms with E-state index >= 15 is 0 Å². The molecule has 0 saturated carbocycles. The number of ether oxygens (including phenoxy) is 1. The van der Waals surface area contributed by atoms with Crippen LogP contribution in [0.5, 0.6) is 11.5 Å². The van der Waals surface area contributed by atoms with Gasteiger partial charge in [-0.25, -0.2) is 0 Å². The lowest BCUT2D eigenvalue weighted by Crippen LogP contribution is -1.97. The van der Waals surface area contributed by atoms with E-state index in [1.165, 1.54) is 25.5 Å². The number of nitro benzene ring substituents is 1. The molecule has 0 atom stereocenters. The number of anilines is 1. The molecule has 0 amide bonds. The maximum Gasteiger partial charge on any atom is 0.315 e. The standard InChI is InChI=1S/C16H17N3O4/c1-10-4-5-13(11(2)6-10)18-17-9-12-7-14(19(21)22)16(20)15(8-12)23-3/h4-9,18,20H,1-3H3. The third-order valence-corrected chi connectivity index (χ3v) is 3.27. The Morgan fingerprint density at radius 2 is 2.04 bits per heavy atom. The summed E-state index contributed by atoms with van der Waals surface area (Å²) < 4.78 is 4.94. The zero-order chi connectivity index (χ0) is 17.0. The topological polar surface area (TPSA) is 97.0 Å². The quantitative estimate of drug-likeness (QED) is 0.501. The van der Waals surface area contributed by atoms with E-state index < -0.39 is 16.4 Å². The van der Waals surface area contributed by atoms with Crippen molar-refractivity contribution < 1.29 is 14.8 Å². The lowest BCUT2D eigenvalue weighted by Gasteiger charge is -2.06. The molecule has 0 fully saturated rings. The Morgan fingerprint density at radius 3 is 2.65 bits per heavy atom. The van der Waals surface area contributed by atoms with Crippen LogP contribution in [0.2, 0.25) is 0 Å². The van der Waals surface area contributed by atoms with Crippen molar-refractivity contribution >= 4 is 17.6 Å². The molecule has 2 N–H and O–H groups in total. The highest BCUT2D eigenvalue weighted by atomic mass is 16.6. The molecule has 2 aromatic carbocycles. The zero-order valence-corrected chi connectivity index (χ0v) is 13.0. The highest BCUT2D eigenvalue weighted by Crippen LogP contribution is 2.36. The number of nitrogens with one attached hydrogen (secondary N) is 1. The number of methoxy groups -OCH3 is 1. The summed E-state index contributed by atoms with van der Waals surface area (Å²) in [6.45, 7) is 3.96. The van der Waals surface area contributed by atoms with Crippen LogP contribution in [0.1, 0.15) is 16.7 Å². The van der Waals surface area contributed by atoms with Crippen LogP contribution in [0, 0.1) is 24.0 Å². The van der Waals surface area contributed by atoms with Crippen LogP contribution in [0.25, 0.3) is 0 Å². The molecular weight excluding hydrogens is 298 g/mol. The van der Waals surface area contributed by atoms with Crippen molar-refractivity contribution in [1.29, 1.82) is 0 Å². The average molecular weight is 315 g/mol. The molecule has 0 heterocycles. The van der Waals surface area contributed by atoms with E-state index in [0.29, 0.717) is 5.56 Å². The van der Waals surface area contributed by atoms with E-state index in [1.54, 1.807) is 0 Å². The SMILES string of the molecule is COc1cc(C=NNc2ccc(C)cc2C)cc([N+](=O)[O-])c1O. The van der Waals surface area contributed by atoms with Crippen LogP contribution in [-0.4, -0.2) is 23.4 Å². The van der Waals surface area contributed by atoms with E-state index in [9.17, 15) is 15.2 Å². The third kappa shape index (κ3) is 3.76. The molecule has 0 aliphatic carbocycles. The van der Waals surface area contributed by atoms with Crippen LogP contribution in [0.3, 0.4) is 0 Å². The van der Waals surface area contributed by atoms with Gasteiger partial charge in [-0.3, -0.25) is 15.5 Å². The lowest BCUT2D eigenvalue weighted by atomic mass is 10.1. The van der Waals surface area contributed by atoms with Gasteiger partial charge in [-0.15, -0.1) is 0 Å². The number of hydrogen-bond acceptors (Lipinski definition) is 6. The molecule has 2 aromatic rings. The van der Waals surface area contributed by atoms with E-state index in [2.05, 4.69) is 10.5 Å². The maximum absolute atomic E-state index is 10.9. The van der Waals surface area contributed by atoms with Crippen molar-refractivity contribution in [2.24, 2.45) is 5.10 Å². The third-order valence-electron chi connectivity index (χ3n) is 3.27. The fraction of sp³-hybridized carbons (Fsp3) is 0.188. The van der Waals surface area contributed by atoms with E-state index in [0.717, 1.165) is 16.8 Å². The van der Waals surface area contributed by atoms with Gasteiger partial charge in [0.05, 0.1) is 23.9 Å². The molecule has 7 heteroatoms. The minimum absolute atomic E-state index is 0.0205. The van der Waals surface area contributed by atoms with Gasteiger partial charge in [0.1, 0.15) is 0 Å². The summed E-state index contributed by atoms with van der Waals surface area (Å²) in [7, 11) is 1.33. The average Bonchev–Trinajstić information content (AvgIpc) is 2.50. The van der Waals surface area contributed by atoms with Gasteiger partial charge in [-0.2, -0.15) is 5.10 Å². The van der Waals surface area contributed by atoms with Crippen LogP contribution in [0.15, 0.2) is 35.4 Å². The molecule has 2 rings (SSSR count). The first kappa shape index (κ1) is 16.3. The lowest BCUT2D eigenvalue weighted by molar-refractivity contribution is -0.386. The number of benzene rings is 2. The van der Waals surface area contributed by atoms with Crippen molar-refractivity contribution in [2.45, 2.75) is 13.8 Å². The molecular formula is C16H17N3O4. The zero-order valence-electron chi connectivity index (χ0n) is 13.0. The van der Waals surface area contributed by atoms with Gasteiger partial charge in [0.25, 0.3) is 0 Å². The minimum atomic E-state index is -0.674. The van der Waals surface area contributed by atoms with Crippen molar-refractivity contribution in [3.05, 3.63) is 57.1 Å². The number of hydrazone groups is 1. The number of hydrogen-bond donors (Lipinski definition) is 2. The van der Waals surface area contributed by atoms with Crippen molar-refractivity contribution in [1.82, 2.24) is 0 Å². The summed E-state index contributed by atoms with van der Waals surface area (Å²) in [5.74, 6) is -0.482. The Morgan fingerprint density at radius 1 is 1.30 bits per heavy atom. The molecule has 7 nitrogen and oxygen atoms in total. The monoisotopic (exact) mass is 315 g/mol. The number of nitrogens with zero attached hydrogens (tertiary/aromatic N) is 2. The van der Waals surface area contributed by atoms with Crippen LogP contribution < -0.4 is 10.2 Å². The van der Waals surface area contributed by atoms with Gasteiger partial charge >= 0.3 is 5.69 Å². The summed E-state index contributed by atoms with van der Waals surface area (Å²) in [6.07, 6.45) is 1.42. The van der Waals surface area contributed by atoms with Gasteiger partial charge in [-0.05, 0) is 31.5 Å². The largest absolute Gasteiger partial charge is 0.500 e. The summed E-state index contributed by atoms with van der Waals surface area (Å²) in [6, 6.07) is 8.58. The van der Waals surface area contributed by atoms with E-state index in [1.807, 2.05) is 32.0 Å². The number of aryl methyl sites for hydroxylation is 2. The van der Waals surface area contributed by atoms with Crippen LogP contribution >= 0.6 is 0 Å². The van der Waals surface area contributed by atoms with Crippen LogP contribution in [-0.2, 0) is 0 Å². The Balaban J connectivity index is 2.25. The second-order valence-electron chi connectivity index (χ2n) is 5.04. The van der Waals surface area contributed by atoms with Crippen molar-refractivity contribution in [3.63, 3.8) is 0 Å². The maximum atomic E-state index is 10.9. The van der Waals surface area contributed by atoms with Gasteiger partial charge in [0.15, 0.2) is 5.75 Å². The molecule has 0 saturated heterocycles. The normalized spacial score (nSPS) is 10.7. The van der Waals surface area contributed by atoms with Gasteiger partial charge in [-0.1, -0.05) is 17.7 Å². The summed E-state index contributed by atoms with van der Waals surface area (Å²) >= 11 is 0. The second-order valence-corrected chi connectivity index (χ2v) is 5.04. The molecule has 120 valence electrons. The first-order valence-electron chi connectivity index (χ1n) is 6.84. The number of phenols is 1. The second kappa shape index (κ2) is 6.78. The summed E-state index contributed by atoms with van der Waals surface area (Å²) in [4.78, 5) is 10.3. The molecule has 0 unspecified atom stereocenters. The number of rotatable bonds is 5.